The highest BCUT2D eigenvalue weighted by molar-refractivity contribution is 7.71. The van der Waals surface area contributed by atoms with Crippen LogP contribution in [0.25, 0.3) is 0 Å². The minimum absolute atomic E-state index is 0.576. The molecule has 2 aromatic rings. The Labute approximate surface area is 111 Å². The first-order valence-electron chi connectivity index (χ1n) is 6.32. The van der Waals surface area contributed by atoms with Gasteiger partial charge in [-0.15, -0.1) is 0 Å². The Kier molecular flexibility index (Phi) is 2.81. The standard InChI is InChI=1S/C12H17N5S/c1-8-7-9(2)16(15-8)6-5-11-13-14-12(18)17(11)10-3-4-10/h7,10H,3-6H2,1-2H3,(H,14,18). The fourth-order valence-electron chi connectivity index (χ4n) is 2.33. The molecule has 0 radical (unpaired) electrons. The van der Waals surface area contributed by atoms with Gasteiger partial charge in [-0.05, 0) is 45.0 Å². The molecule has 0 unspecified atom stereocenters. The smallest absolute Gasteiger partial charge is 0.195 e. The van der Waals surface area contributed by atoms with Gasteiger partial charge in [-0.1, -0.05) is 0 Å². The third-order valence-corrected chi connectivity index (χ3v) is 3.63. The lowest BCUT2D eigenvalue weighted by atomic mass is 10.3. The van der Waals surface area contributed by atoms with Gasteiger partial charge in [0.1, 0.15) is 5.82 Å². The molecule has 1 N–H and O–H groups in total. The van der Waals surface area contributed by atoms with Crippen LogP contribution in [0.3, 0.4) is 0 Å². The van der Waals surface area contributed by atoms with Crippen molar-refractivity contribution in [2.45, 2.75) is 45.7 Å². The number of aromatic amines is 1. The summed E-state index contributed by atoms with van der Waals surface area (Å²) in [7, 11) is 0. The molecule has 96 valence electrons. The Morgan fingerprint density at radius 1 is 1.44 bits per heavy atom. The highest BCUT2D eigenvalue weighted by atomic mass is 32.1. The highest BCUT2D eigenvalue weighted by Crippen LogP contribution is 2.35. The first kappa shape index (κ1) is 11.6. The molecule has 1 saturated carbocycles. The summed E-state index contributed by atoms with van der Waals surface area (Å²) in [4.78, 5) is 0. The molecule has 6 heteroatoms. The number of aryl methyl sites for hydroxylation is 4. The molecule has 0 atom stereocenters. The van der Waals surface area contributed by atoms with Crippen LogP contribution in [0.5, 0.6) is 0 Å². The van der Waals surface area contributed by atoms with Gasteiger partial charge in [0.25, 0.3) is 0 Å². The lowest BCUT2D eigenvalue weighted by Gasteiger charge is -2.06. The van der Waals surface area contributed by atoms with Gasteiger partial charge in [0.05, 0.1) is 5.69 Å². The maximum absolute atomic E-state index is 5.27. The first-order valence-corrected chi connectivity index (χ1v) is 6.73. The Morgan fingerprint density at radius 3 is 2.83 bits per heavy atom. The summed E-state index contributed by atoms with van der Waals surface area (Å²) < 4.78 is 4.95. The molecule has 0 aliphatic heterocycles. The minimum Gasteiger partial charge on any atom is -0.301 e. The van der Waals surface area contributed by atoms with Crippen LogP contribution >= 0.6 is 12.2 Å². The van der Waals surface area contributed by atoms with Crippen LogP contribution in [0.15, 0.2) is 6.07 Å². The summed E-state index contributed by atoms with van der Waals surface area (Å²) in [6.07, 6.45) is 3.31. The summed E-state index contributed by atoms with van der Waals surface area (Å²) in [5, 5.41) is 11.7. The first-order chi connectivity index (χ1) is 8.65. The van der Waals surface area contributed by atoms with Crippen molar-refractivity contribution < 1.29 is 0 Å². The van der Waals surface area contributed by atoms with Crippen molar-refractivity contribution in [2.24, 2.45) is 0 Å². The van der Waals surface area contributed by atoms with E-state index in [0.29, 0.717) is 6.04 Å². The average molecular weight is 263 g/mol. The van der Waals surface area contributed by atoms with Gasteiger partial charge in [0.2, 0.25) is 0 Å². The number of rotatable bonds is 4. The summed E-state index contributed by atoms with van der Waals surface area (Å²) >= 11 is 5.27. The van der Waals surface area contributed by atoms with Crippen LogP contribution < -0.4 is 0 Å². The molecule has 18 heavy (non-hydrogen) atoms. The lowest BCUT2D eigenvalue weighted by molar-refractivity contribution is 0.559. The molecule has 0 spiro atoms. The Morgan fingerprint density at radius 2 is 2.22 bits per heavy atom. The van der Waals surface area contributed by atoms with Gasteiger partial charge in [-0.3, -0.25) is 9.78 Å². The summed E-state index contributed by atoms with van der Waals surface area (Å²) in [5.41, 5.74) is 2.26. The molecule has 0 amide bonds. The van der Waals surface area contributed by atoms with Crippen molar-refractivity contribution >= 4 is 12.2 Å². The zero-order chi connectivity index (χ0) is 12.7. The van der Waals surface area contributed by atoms with E-state index in [-0.39, 0.29) is 0 Å². The van der Waals surface area contributed by atoms with Gasteiger partial charge in [0.15, 0.2) is 4.77 Å². The van der Waals surface area contributed by atoms with Crippen LogP contribution in [0.1, 0.15) is 36.1 Å². The van der Waals surface area contributed by atoms with E-state index in [1.54, 1.807) is 0 Å². The normalized spacial score (nSPS) is 15.2. The van der Waals surface area contributed by atoms with Crippen LogP contribution in [-0.2, 0) is 13.0 Å². The van der Waals surface area contributed by atoms with E-state index in [4.69, 9.17) is 12.2 Å². The van der Waals surface area contributed by atoms with E-state index in [9.17, 15) is 0 Å². The van der Waals surface area contributed by atoms with Crippen molar-refractivity contribution in [1.29, 1.82) is 0 Å². The van der Waals surface area contributed by atoms with Crippen molar-refractivity contribution in [1.82, 2.24) is 24.5 Å². The second kappa shape index (κ2) is 4.35. The predicted molar refractivity (Wildman–Crippen MR) is 71.1 cm³/mol. The molecular weight excluding hydrogens is 246 g/mol. The third-order valence-electron chi connectivity index (χ3n) is 3.34. The van der Waals surface area contributed by atoms with Crippen LogP contribution in [-0.4, -0.2) is 24.5 Å². The van der Waals surface area contributed by atoms with Crippen LogP contribution in [0.4, 0.5) is 0 Å². The fraction of sp³-hybridized carbons (Fsp3) is 0.583. The molecule has 0 aromatic carbocycles. The quantitative estimate of drug-likeness (QED) is 0.861. The SMILES string of the molecule is Cc1cc(C)n(CCc2n[nH]c(=S)n2C2CC2)n1. The van der Waals surface area contributed by atoms with E-state index in [2.05, 4.69) is 32.9 Å². The third kappa shape index (κ3) is 2.12. The molecule has 0 bridgehead atoms. The number of hydrogen-bond acceptors (Lipinski definition) is 3. The molecule has 1 aliphatic rings. The Bertz CT molecular complexity index is 617. The molecule has 2 aromatic heterocycles. The van der Waals surface area contributed by atoms with Crippen molar-refractivity contribution in [2.75, 3.05) is 0 Å². The van der Waals surface area contributed by atoms with E-state index in [1.165, 1.54) is 18.5 Å². The zero-order valence-electron chi connectivity index (χ0n) is 10.7. The average Bonchev–Trinajstić information content (AvgIpc) is 3.01. The maximum atomic E-state index is 5.27. The van der Waals surface area contributed by atoms with E-state index in [0.717, 1.165) is 29.3 Å². The van der Waals surface area contributed by atoms with Gasteiger partial charge < -0.3 is 4.57 Å². The lowest BCUT2D eigenvalue weighted by Crippen LogP contribution is -2.09. The number of H-pyrrole nitrogens is 1. The zero-order valence-corrected chi connectivity index (χ0v) is 11.5. The molecule has 0 saturated heterocycles. The van der Waals surface area contributed by atoms with Gasteiger partial charge >= 0.3 is 0 Å². The van der Waals surface area contributed by atoms with Crippen LogP contribution in [0.2, 0.25) is 0 Å². The Hall–Kier alpha value is -1.43. The van der Waals surface area contributed by atoms with Crippen LogP contribution in [0, 0.1) is 18.6 Å². The highest BCUT2D eigenvalue weighted by Gasteiger charge is 2.27. The van der Waals surface area contributed by atoms with E-state index < -0.39 is 0 Å². The van der Waals surface area contributed by atoms with Gasteiger partial charge in [-0.2, -0.15) is 10.2 Å². The van der Waals surface area contributed by atoms with Gasteiger partial charge in [-0.25, -0.2) is 0 Å². The molecule has 1 fully saturated rings. The van der Waals surface area contributed by atoms with Crippen molar-refractivity contribution in [3.8, 4) is 0 Å². The summed E-state index contributed by atoms with van der Waals surface area (Å²) in [5.74, 6) is 1.05. The summed E-state index contributed by atoms with van der Waals surface area (Å²) in [6, 6.07) is 2.67. The fourth-order valence-corrected chi connectivity index (χ4v) is 2.63. The largest absolute Gasteiger partial charge is 0.301 e. The van der Waals surface area contributed by atoms with Crippen molar-refractivity contribution in [3.05, 3.63) is 28.0 Å². The second-order valence-electron chi connectivity index (χ2n) is 4.95. The van der Waals surface area contributed by atoms with E-state index >= 15 is 0 Å². The molecule has 2 heterocycles. The molecule has 1 aliphatic carbocycles. The van der Waals surface area contributed by atoms with Crippen molar-refractivity contribution in [3.63, 3.8) is 0 Å². The number of aromatic nitrogens is 5. The molecule has 5 nitrogen and oxygen atoms in total. The van der Waals surface area contributed by atoms with Gasteiger partial charge in [0, 0.05) is 24.7 Å². The molecular formula is C12H17N5S. The second-order valence-corrected chi connectivity index (χ2v) is 5.33. The Balaban J connectivity index is 1.77. The monoisotopic (exact) mass is 263 g/mol. The number of nitrogens with one attached hydrogen (secondary N) is 1. The minimum atomic E-state index is 0.576. The predicted octanol–water partition coefficient (Wildman–Crippen LogP) is 2.33. The number of nitrogens with zero attached hydrogens (tertiary/aromatic N) is 4. The number of hydrogen-bond donors (Lipinski definition) is 1. The topological polar surface area (TPSA) is 51.4 Å². The maximum Gasteiger partial charge on any atom is 0.195 e. The molecule has 3 rings (SSSR count). The summed E-state index contributed by atoms with van der Waals surface area (Å²) in [6.45, 7) is 4.95. The van der Waals surface area contributed by atoms with E-state index in [1.807, 2.05) is 11.6 Å².